The Morgan fingerprint density at radius 3 is 2.62 bits per heavy atom. The summed E-state index contributed by atoms with van der Waals surface area (Å²) in [5, 5.41) is 12.7. The van der Waals surface area contributed by atoms with Gasteiger partial charge in [0, 0.05) is 19.8 Å². The molecule has 0 aliphatic rings. The average molecular weight is 295 g/mol. The Labute approximate surface area is 126 Å². The maximum Gasteiger partial charge on any atom is 0.332 e. The van der Waals surface area contributed by atoms with Crippen LogP contribution in [0.4, 0.5) is 0 Å². The first-order valence-corrected chi connectivity index (χ1v) is 7.04. The van der Waals surface area contributed by atoms with Crippen LogP contribution < -0.4 is 5.32 Å². The van der Waals surface area contributed by atoms with E-state index in [9.17, 15) is 14.7 Å². The highest BCUT2D eigenvalue weighted by Crippen LogP contribution is 2.15. The second-order valence-corrected chi connectivity index (χ2v) is 4.98. The van der Waals surface area contributed by atoms with Crippen molar-refractivity contribution >= 4 is 11.9 Å². The van der Waals surface area contributed by atoms with Crippen LogP contribution in [0, 0.1) is 11.8 Å². The summed E-state index contributed by atoms with van der Waals surface area (Å²) < 4.78 is 4.60. The predicted molar refractivity (Wildman–Crippen MR) is 81.3 cm³/mol. The van der Waals surface area contributed by atoms with Crippen LogP contribution in [0.1, 0.15) is 46.5 Å². The van der Waals surface area contributed by atoms with E-state index in [0.29, 0.717) is 6.42 Å². The van der Waals surface area contributed by atoms with Crippen molar-refractivity contribution in [2.45, 2.75) is 58.1 Å². The topological polar surface area (TPSA) is 75.6 Å². The number of hydrogen-bond acceptors (Lipinski definition) is 4. The Balaban J connectivity index is 4.54. The fourth-order valence-electron chi connectivity index (χ4n) is 1.67. The zero-order valence-corrected chi connectivity index (χ0v) is 13.2. The number of unbranched alkanes of at least 4 members (excludes halogenated alkanes) is 1. The molecule has 118 valence electrons. The molecule has 5 nitrogen and oxygen atoms in total. The van der Waals surface area contributed by atoms with Gasteiger partial charge in [-0.3, -0.25) is 4.79 Å². The summed E-state index contributed by atoms with van der Waals surface area (Å²) in [6.07, 6.45) is 5.80. The van der Waals surface area contributed by atoms with Crippen molar-refractivity contribution in [3.05, 3.63) is 12.2 Å². The van der Waals surface area contributed by atoms with Crippen molar-refractivity contribution in [2.75, 3.05) is 7.11 Å². The quantitative estimate of drug-likeness (QED) is 0.323. The molecule has 0 radical (unpaired) electrons. The summed E-state index contributed by atoms with van der Waals surface area (Å²) in [5.74, 6) is 5.06. The summed E-state index contributed by atoms with van der Waals surface area (Å²) in [6, 6.07) is -0.890. The van der Waals surface area contributed by atoms with E-state index in [2.05, 4.69) is 21.9 Å². The first-order valence-electron chi connectivity index (χ1n) is 7.04. The number of nitrogens with one attached hydrogen (secondary N) is 1. The Kier molecular flexibility index (Phi) is 9.15. The number of rotatable bonds is 7. The van der Waals surface area contributed by atoms with E-state index in [4.69, 9.17) is 0 Å². The number of methoxy groups -OCH3 is 1. The lowest BCUT2D eigenvalue weighted by Gasteiger charge is -2.19. The van der Waals surface area contributed by atoms with E-state index in [1.165, 1.54) is 26.2 Å². The summed E-state index contributed by atoms with van der Waals surface area (Å²) >= 11 is 0. The van der Waals surface area contributed by atoms with Gasteiger partial charge in [0.05, 0.1) is 12.7 Å². The molecule has 0 saturated carbocycles. The molecule has 0 aromatic carbocycles. The monoisotopic (exact) mass is 295 g/mol. The average Bonchev–Trinajstić information content (AvgIpc) is 2.42. The van der Waals surface area contributed by atoms with Crippen LogP contribution >= 0.6 is 0 Å². The molecule has 21 heavy (non-hydrogen) atoms. The Hall–Kier alpha value is -1.80. The summed E-state index contributed by atoms with van der Waals surface area (Å²) in [7, 11) is 1.25. The van der Waals surface area contributed by atoms with Crippen LogP contribution in [0.3, 0.4) is 0 Å². The molecule has 2 N–H and O–H groups in total. The van der Waals surface area contributed by atoms with E-state index >= 15 is 0 Å². The van der Waals surface area contributed by atoms with E-state index < -0.39 is 17.6 Å². The van der Waals surface area contributed by atoms with Crippen molar-refractivity contribution in [2.24, 2.45) is 0 Å². The number of aliphatic hydroxyl groups is 1. The molecule has 2 unspecified atom stereocenters. The minimum Gasteiger partial charge on any atom is -0.467 e. The van der Waals surface area contributed by atoms with Crippen LogP contribution in [0.25, 0.3) is 0 Å². The fourth-order valence-corrected chi connectivity index (χ4v) is 1.67. The lowest BCUT2D eigenvalue weighted by molar-refractivity contribution is -0.143. The second kappa shape index (κ2) is 10.0. The molecule has 0 fully saturated rings. The van der Waals surface area contributed by atoms with Gasteiger partial charge in [0.2, 0.25) is 5.91 Å². The third-order valence-electron chi connectivity index (χ3n) is 2.75. The Morgan fingerprint density at radius 1 is 1.43 bits per heavy atom. The first kappa shape index (κ1) is 19.2. The highest BCUT2D eigenvalue weighted by Gasteiger charge is 2.20. The second-order valence-electron chi connectivity index (χ2n) is 4.98. The van der Waals surface area contributed by atoms with Gasteiger partial charge in [-0.1, -0.05) is 19.1 Å². The normalized spacial score (nSPS) is 14.7. The number of carbonyl (C=O) groups is 2. The highest BCUT2D eigenvalue weighted by molar-refractivity contribution is 5.84. The standard InChI is InChI=1S/C16H25NO4/c1-5-6-7-8-9-11-16(3,20)12-10-14(15(19)21-4)17-13(2)18/h10,12,14,20H,5,8-9,11H2,1-4H3,(H,17,18)/b12-10+. The molecule has 0 aromatic rings. The van der Waals surface area contributed by atoms with Crippen LogP contribution in [0.5, 0.6) is 0 Å². The van der Waals surface area contributed by atoms with Gasteiger partial charge in [-0.2, -0.15) is 0 Å². The van der Waals surface area contributed by atoms with Gasteiger partial charge in [-0.05, 0) is 19.8 Å². The zero-order valence-electron chi connectivity index (χ0n) is 13.2. The molecule has 0 saturated heterocycles. The minimum absolute atomic E-state index is 0.343. The Bertz CT molecular complexity index is 429. The van der Waals surface area contributed by atoms with E-state index in [1.807, 2.05) is 6.92 Å². The third-order valence-corrected chi connectivity index (χ3v) is 2.75. The van der Waals surface area contributed by atoms with Crippen molar-refractivity contribution in [3.63, 3.8) is 0 Å². The smallest absolute Gasteiger partial charge is 0.332 e. The summed E-state index contributed by atoms with van der Waals surface area (Å²) in [6.45, 7) is 4.95. The molecule has 0 aliphatic heterocycles. The molecule has 5 heteroatoms. The number of esters is 1. The van der Waals surface area contributed by atoms with Gasteiger partial charge in [0.25, 0.3) is 0 Å². The molecule has 0 bridgehead atoms. The van der Waals surface area contributed by atoms with Gasteiger partial charge in [0.1, 0.15) is 6.04 Å². The lowest BCUT2D eigenvalue weighted by atomic mass is 9.97. The molecule has 1 amide bonds. The molecule has 0 rings (SSSR count). The Morgan fingerprint density at radius 2 is 2.10 bits per heavy atom. The van der Waals surface area contributed by atoms with Crippen LogP contribution in [-0.4, -0.2) is 35.7 Å². The van der Waals surface area contributed by atoms with Crippen molar-refractivity contribution < 1.29 is 19.4 Å². The number of ether oxygens (including phenoxy) is 1. The largest absolute Gasteiger partial charge is 0.467 e. The van der Waals surface area contributed by atoms with Gasteiger partial charge in [-0.15, -0.1) is 11.8 Å². The molecule has 2 atom stereocenters. The van der Waals surface area contributed by atoms with E-state index in [-0.39, 0.29) is 5.91 Å². The fraction of sp³-hybridized carbons (Fsp3) is 0.625. The third kappa shape index (κ3) is 9.69. The van der Waals surface area contributed by atoms with E-state index in [0.717, 1.165) is 19.3 Å². The molecular formula is C16H25NO4. The molecule has 0 aromatic heterocycles. The maximum atomic E-state index is 11.5. The van der Waals surface area contributed by atoms with Crippen molar-refractivity contribution in [3.8, 4) is 11.8 Å². The summed E-state index contributed by atoms with van der Waals surface area (Å²) in [4.78, 5) is 22.5. The van der Waals surface area contributed by atoms with Crippen molar-refractivity contribution in [1.29, 1.82) is 0 Å². The number of carbonyl (C=O) groups excluding carboxylic acids is 2. The predicted octanol–water partition coefficient (Wildman–Crippen LogP) is 1.55. The molecule has 0 spiro atoms. The van der Waals surface area contributed by atoms with Gasteiger partial charge in [-0.25, -0.2) is 4.79 Å². The molecule has 0 heterocycles. The van der Waals surface area contributed by atoms with E-state index in [1.54, 1.807) is 6.92 Å². The molecule has 0 aliphatic carbocycles. The van der Waals surface area contributed by atoms with Crippen molar-refractivity contribution in [1.82, 2.24) is 5.32 Å². The van der Waals surface area contributed by atoms with Gasteiger partial charge in [0.15, 0.2) is 0 Å². The van der Waals surface area contributed by atoms with Gasteiger partial charge >= 0.3 is 5.97 Å². The number of amides is 1. The van der Waals surface area contributed by atoms with Crippen LogP contribution in [0.15, 0.2) is 12.2 Å². The number of hydrogen-bond donors (Lipinski definition) is 2. The SMILES string of the molecule is CCC#CCCCC(C)(O)/C=C/C(NC(C)=O)C(=O)OC. The minimum atomic E-state index is -1.06. The highest BCUT2D eigenvalue weighted by atomic mass is 16.5. The van der Waals surface area contributed by atoms with Crippen LogP contribution in [-0.2, 0) is 14.3 Å². The lowest BCUT2D eigenvalue weighted by Crippen LogP contribution is -2.39. The van der Waals surface area contributed by atoms with Crippen LogP contribution in [0.2, 0.25) is 0 Å². The zero-order chi connectivity index (χ0) is 16.3. The van der Waals surface area contributed by atoms with Gasteiger partial charge < -0.3 is 15.2 Å². The molecular weight excluding hydrogens is 270 g/mol. The summed E-state index contributed by atoms with van der Waals surface area (Å²) in [5.41, 5.74) is -1.06. The first-order chi connectivity index (χ1) is 9.82. The maximum absolute atomic E-state index is 11.5.